The highest BCUT2D eigenvalue weighted by Gasteiger charge is 1.96. The predicted molar refractivity (Wildman–Crippen MR) is 42.3 cm³/mol. The lowest BCUT2D eigenvalue weighted by molar-refractivity contribution is -0.312. The molecule has 0 aromatic heterocycles. The molecule has 0 radical (unpaired) electrons. The fourth-order valence-electron chi connectivity index (χ4n) is 0.880. The molecule has 72 valence electrons. The Balaban J connectivity index is 0.000000120. The molecule has 0 saturated carbocycles. The molecule has 2 aliphatic rings. The normalized spacial score (nSPS) is 24.0. The minimum Gasteiger partial charge on any atom is -0.237 e. The molecule has 2 rings (SSSR count). The largest absolute Gasteiger partial charge is 0.237 e. The topological polar surface area (TPSA) is 36.9 Å². The van der Waals surface area contributed by atoms with Crippen molar-refractivity contribution in [1.29, 1.82) is 0 Å². The van der Waals surface area contributed by atoms with E-state index in [2.05, 4.69) is 19.6 Å². The van der Waals surface area contributed by atoms with Crippen molar-refractivity contribution in [1.82, 2.24) is 0 Å². The van der Waals surface area contributed by atoms with Gasteiger partial charge in [0, 0.05) is 0 Å². The molecule has 0 N–H and O–H groups in total. The van der Waals surface area contributed by atoms with E-state index < -0.39 is 0 Å². The van der Waals surface area contributed by atoms with Crippen LogP contribution in [0.3, 0.4) is 0 Å². The summed E-state index contributed by atoms with van der Waals surface area (Å²) in [6.45, 7) is 3.11. The first-order valence-corrected chi connectivity index (χ1v) is 4.49. The van der Waals surface area contributed by atoms with Gasteiger partial charge in [-0.3, -0.25) is 0 Å². The average molecular weight is 176 g/mol. The van der Waals surface area contributed by atoms with Gasteiger partial charge in [0.25, 0.3) is 0 Å². The zero-order chi connectivity index (χ0) is 8.49. The summed E-state index contributed by atoms with van der Waals surface area (Å²) in [5.41, 5.74) is 0. The zero-order valence-electron chi connectivity index (χ0n) is 7.29. The molecule has 0 amide bonds. The fraction of sp³-hybridized carbons (Fsp3) is 1.00. The molecule has 0 aromatic carbocycles. The van der Waals surface area contributed by atoms with E-state index in [-0.39, 0.29) is 0 Å². The van der Waals surface area contributed by atoms with Crippen molar-refractivity contribution >= 4 is 0 Å². The highest BCUT2D eigenvalue weighted by atomic mass is 17.2. The molecule has 12 heavy (non-hydrogen) atoms. The SMILES string of the molecule is C1CCOOC1.C1CCOOC1. The second-order valence-corrected chi connectivity index (χ2v) is 2.70. The molecule has 0 atom stereocenters. The van der Waals surface area contributed by atoms with Gasteiger partial charge in [0.1, 0.15) is 0 Å². The number of rotatable bonds is 0. The van der Waals surface area contributed by atoms with Crippen molar-refractivity contribution in [2.45, 2.75) is 25.7 Å². The first-order chi connectivity index (χ1) is 6.00. The predicted octanol–water partition coefficient (Wildman–Crippen LogP) is 1.46. The van der Waals surface area contributed by atoms with Crippen molar-refractivity contribution < 1.29 is 19.6 Å². The van der Waals surface area contributed by atoms with Crippen molar-refractivity contribution in [3.05, 3.63) is 0 Å². The smallest absolute Gasteiger partial charge is 0.0823 e. The van der Waals surface area contributed by atoms with Gasteiger partial charge >= 0.3 is 0 Å². The van der Waals surface area contributed by atoms with Crippen LogP contribution in [0.4, 0.5) is 0 Å². The molecular weight excluding hydrogens is 160 g/mol. The van der Waals surface area contributed by atoms with Crippen LogP contribution in [0.2, 0.25) is 0 Å². The van der Waals surface area contributed by atoms with Gasteiger partial charge in [-0.25, -0.2) is 19.6 Å². The Labute approximate surface area is 72.6 Å². The molecule has 4 heteroatoms. The molecule has 0 aliphatic carbocycles. The lowest BCUT2D eigenvalue weighted by Gasteiger charge is -2.07. The van der Waals surface area contributed by atoms with E-state index in [0.717, 1.165) is 52.1 Å². The zero-order valence-corrected chi connectivity index (χ0v) is 7.29. The third kappa shape index (κ3) is 5.49. The van der Waals surface area contributed by atoms with Crippen molar-refractivity contribution in [2.24, 2.45) is 0 Å². The van der Waals surface area contributed by atoms with Gasteiger partial charge in [0.2, 0.25) is 0 Å². The summed E-state index contributed by atoms with van der Waals surface area (Å²) in [4.78, 5) is 18.3. The van der Waals surface area contributed by atoms with Crippen LogP contribution in [0.1, 0.15) is 25.7 Å². The average Bonchev–Trinajstić information content (AvgIpc) is 2.24. The summed E-state index contributed by atoms with van der Waals surface area (Å²) in [6.07, 6.45) is 4.61. The summed E-state index contributed by atoms with van der Waals surface area (Å²) in [5, 5.41) is 0. The van der Waals surface area contributed by atoms with E-state index in [9.17, 15) is 0 Å². The van der Waals surface area contributed by atoms with E-state index in [1.807, 2.05) is 0 Å². The lowest BCUT2D eigenvalue weighted by Crippen LogP contribution is -2.05. The van der Waals surface area contributed by atoms with Gasteiger partial charge in [-0.05, 0) is 25.7 Å². The quantitative estimate of drug-likeness (QED) is 0.523. The molecule has 2 heterocycles. The van der Waals surface area contributed by atoms with E-state index in [1.54, 1.807) is 0 Å². The van der Waals surface area contributed by atoms with E-state index in [4.69, 9.17) is 0 Å². The molecule has 0 unspecified atom stereocenters. The highest BCUT2D eigenvalue weighted by molar-refractivity contribution is 4.37. The third-order valence-corrected chi connectivity index (χ3v) is 1.58. The third-order valence-electron chi connectivity index (χ3n) is 1.58. The van der Waals surface area contributed by atoms with Crippen LogP contribution in [0.5, 0.6) is 0 Å². The monoisotopic (exact) mass is 176 g/mol. The Hall–Kier alpha value is -0.160. The van der Waals surface area contributed by atoms with Crippen LogP contribution in [-0.4, -0.2) is 26.4 Å². The Kier molecular flexibility index (Phi) is 6.19. The van der Waals surface area contributed by atoms with Crippen molar-refractivity contribution in [3.8, 4) is 0 Å². The van der Waals surface area contributed by atoms with Gasteiger partial charge in [0.15, 0.2) is 0 Å². The molecule has 4 nitrogen and oxygen atoms in total. The standard InChI is InChI=1S/2C4H8O2/c2*1-2-4-6-5-3-1/h2*1-4H2. The Morgan fingerprint density at radius 3 is 0.750 bits per heavy atom. The first-order valence-electron chi connectivity index (χ1n) is 4.49. The van der Waals surface area contributed by atoms with Crippen LogP contribution in [0.25, 0.3) is 0 Å². The van der Waals surface area contributed by atoms with Gasteiger partial charge in [-0.2, -0.15) is 0 Å². The molecule has 2 saturated heterocycles. The molecule has 0 spiro atoms. The first kappa shape index (κ1) is 9.92. The van der Waals surface area contributed by atoms with Crippen LogP contribution in [0, 0.1) is 0 Å². The summed E-state index contributed by atoms with van der Waals surface area (Å²) in [6, 6.07) is 0. The summed E-state index contributed by atoms with van der Waals surface area (Å²) >= 11 is 0. The van der Waals surface area contributed by atoms with Crippen LogP contribution in [0.15, 0.2) is 0 Å². The van der Waals surface area contributed by atoms with E-state index in [0.29, 0.717) is 0 Å². The van der Waals surface area contributed by atoms with Crippen LogP contribution >= 0.6 is 0 Å². The van der Waals surface area contributed by atoms with Gasteiger partial charge in [0.05, 0.1) is 26.4 Å². The Morgan fingerprint density at radius 2 is 0.667 bits per heavy atom. The maximum Gasteiger partial charge on any atom is 0.0823 e. The van der Waals surface area contributed by atoms with E-state index >= 15 is 0 Å². The fourth-order valence-corrected chi connectivity index (χ4v) is 0.880. The maximum absolute atomic E-state index is 4.57. The molecule has 0 aromatic rings. The minimum atomic E-state index is 0.778. The lowest BCUT2D eigenvalue weighted by atomic mass is 10.3. The number of hydrogen-bond acceptors (Lipinski definition) is 4. The van der Waals surface area contributed by atoms with Crippen LogP contribution < -0.4 is 0 Å². The highest BCUT2D eigenvalue weighted by Crippen LogP contribution is 1.98. The second kappa shape index (κ2) is 7.49. The van der Waals surface area contributed by atoms with Gasteiger partial charge in [-0.1, -0.05) is 0 Å². The molecular formula is C8H16O4. The van der Waals surface area contributed by atoms with Gasteiger partial charge in [-0.15, -0.1) is 0 Å². The minimum absolute atomic E-state index is 0.778. The van der Waals surface area contributed by atoms with Crippen molar-refractivity contribution in [2.75, 3.05) is 26.4 Å². The summed E-state index contributed by atoms with van der Waals surface area (Å²) < 4.78 is 0. The van der Waals surface area contributed by atoms with Crippen molar-refractivity contribution in [3.63, 3.8) is 0 Å². The summed E-state index contributed by atoms with van der Waals surface area (Å²) in [7, 11) is 0. The Morgan fingerprint density at radius 1 is 0.417 bits per heavy atom. The van der Waals surface area contributed by atoms with Gasteiger partial charge < -0.3 is 0 Å². The molecule has 2 fully saturated rings. The molecule has 2 aliphatic heterocycles. The molecule has 0 bridgehead atoms. The van der Waals surface area contributed by atoms with Crippen LogP contribution in [-0.2, 0) is 19.6 Å². The van der Waals surface area contributed by atoms with E-state index in [1.165, 1.54) is 0 Å². The Bertz CT molecular complexity index is 54.0. The number of hydrogen-bond donors (Lipinski definition) is 0. The summed E-state index contributed by atoms with van der Waals surface area (Å²) in [5.74, 6) is 0. The maximum atomic E-state index is 4.57. The second-order valence-electron chi connectivity index (χ2n) is 2.70.